The zero-order chi connectivity index (χ0) is 11.7. The van der Waals surface area contributed by atoms with Gasteiger partial charge in [0.15, 0.2) is 0 Å². The van der Waals surface area contributed by atoms with Crippen molar-refractivity contribution < 1.29 is 19.0 Å². The van der Waals surface area contributed by atoms with Crippen molar-refractivity contribution in [1.29, 1.82) is 0 Å². The number of rotatable bonds is 1. The zero-order valence-corrected chi connectivity index (χ0v) is 9.60. The normalized spacial score (nSPS) is 22.1. The highest BCUT2D eigenvalue weighted by Crippen LogP contribution is 2.13. The number of hydrogen-bond acceptors (Lipinski definition) is 4. The van der Waals surface area contributed by atoms with Crippen LogP contribution < -0.4 is 0 Å². The molecule has 0 radical (unpaired) electrons. The molecule has 1 saturated heterocycles. The van der Waals surface area contributed by atoms with E-state index in [1.54, 1.807) is 0 Å². The summed E-state index contributed by atoms with van der Waals surface area (Å²) in [4.78, 5) is 30.1. The first kappa shape index (κ1) is 10.9. The van der Waals surface area contributed by atoms with Crippen molar-refractivity contribution in [3.8, 4) is 0 Å². The fourth-order valence-corrected chi connectivity index (χ4v) is 1.91. The van der Waals surface area contributed by atoms with Crippen LogP contribution in [0, 0.1) is 0 Å². The number of hydroxylamine groups is 2. The number of carbonyl (C=O) groups excluding carboxylic acids is 2. The van der Waals surface area contributed by atoms with Crippen molar-refractivity contribution in [2.75, 3.05) is 27.2 Å². The van der Waals surface area contributed by atoms with E-state index in [0.717, 1.165) is 24.6 Å². The highest BCUT2D eigenvalue weighted by atomic mass is 16.7. The fourth-order valence-electron chi connectivity index (χ4n) is 1.91. The Kier molecular flexibility index (Phi) is 2.80. The van der Waals surface area contributed by atoms with Crippen molar-refractivity contribution in [1.82, 2.24) is 9.96 Å². The van der Waals surface area contributed by atoms with Gasteiger partial charge in [0.05, 0.1) is 27.2 Å². The van der Waals surface area contributed by atoms with Crippen molar-refractivity contribution in [3.05, 3.63) is 0 Å². The molecular formula is C10H16N3O3+. The molecule has 88 valence electrons. The molecule has 16 heavy (non-hydrogen) atoms. The molecular weight excluding hydrogens is 210 g/mol. The van der Waals surface area contributed by atoms with Gasteiger partial charge in [0, 0.05) is 19.3 Å². The van der Waals surface area contributed by atoms with Gasteiger partial charge in [-0.1, -0.05) is 5.06 Å². The summed E-state index contributed by atoms with van der Waals surface area (Å²) in [5.74, 6) is -0.519. The van der Waals surface area contributed by atoms with Crippen LogP contribution in [0.5, 0.6) is 0 Å². The van der Waals surface area contributed by atoms with Crippen LogP contribution in [0.15, 0.2) is 0 Å². The molecule has 2 aliphatic rings. The standard InChI is InChI=1S/C10H16N3O3/c1-11-6-3-7-12(2)10(11)16-13-8(14)4-5-9(13)15/h3-7H2,1-2H3/q+1. The Labute approximate surface area is 94.0 Å². The number of hydrogen-bond donors (Lipinski definition) is 0. The molecule has 0 aliphatic carbocycles. The highest BCUT2D eigenvalue weighted by molar-refractivity contribution is 6.01. The first-order chi connectivity index (χ1) is 7.59. The van der Waals surface area contributed by atoms with Crippen LogP contribution in [-0.4, -0.2) is 59.6 Å². The predicted octanol–water partition coefficient (Wildman–Crippen LogP) is -0.599. The highest BCUT2D eigenvalue weighted by Gasteiger charge is 2.36. The maximum absolute atomic E-state index is 11.4. The minimum atomic E-state index is -0.259. The minimum Gasteiger partial charge on any atom is -0.292 e. The van der Waals surface area contributed by atoms with Gasteiger partial charge >= 0.3 is 6.02 Å². The molecule has 2 amide bonds. The molecule has 1 fully saturated rings. The molecule has 0 aromatic carbocycles. The van der Waals surface area contributed by atoms with Crippen LogP contribution in [0.2, 0.25) is 0 Å². The first-order valence-electron chi connectivity index (χ1n) is 5.42. The van der Waals surface area contributed by atoms with Crippen LogP contribution in [0.1, 0.15) is 19.3 Å². The van der Waals surface area contributed by atoms with E-state index >= 15 is 0 Å². The Morgan fingerprint density at radius 1 is 1.25 bits per heavy atom. The number of amidine groups is 1. The third-order valence-corrected chi connectivity index (χ3v) is 2.82. The summed E-state index contributed by atoms with van der Waals surface area (Å²) in [5.41, 5.74) is 0. The predicted molar refractivity (Wildman–Crippen MR) is 55.5 cm³/mol. The van der Waals surface area contributed by atoms with Gasteiger partial charge in [-0.3, -0.25) is 14.4 Å². The van der Waals surface area contributed by atoms with Crippen molar-refractivity contribution in [2.24, 2.45) is 0 Å². The smallest absolute Gasteiger partial charge is 0.292 e. The molecule has 0 bridgehead atoms. The quantitative estimate of drug-likeness (QED) is 0.442. The summed E-state index contributed by atoms with van der Waals surface area (Å²) < 4.78 is 1.91. The summed E-state index contributed by atoms with van der Waals surface area (Å²) in [7, 11) is 3.77. The molecule has 2 aliphatic heterocycles. The van der Waals surface area contributed by atoms with E-state index in [1.165, 1.54) is 0 Å². The Balaban J connectivity index is 2.14. The van der Waals surface area contributed by atoms with Gasteiger partial charge in [-0.15, -0.1) is 0 Å². The van der Waals surface area contributed by atoms with Gasteiger partial charge < -0.3 is 0 Å². The lowest BCUT2D eigenvalue weighted by atomic mass is 10.3. The lowest BCUT2D eigenvalue weighted by Gasteiger charge is -2.23. The second-order valence-electron chi connectivity index (χ2n) is 4.15. The number of amides is 2. The van der Waals surface area contributed by atoms with E-state index in [4.69, 9.17) is 4.84 Å². The van der Waals surface area contributed by atoms with Gasteiger partial charge in [-0.2, -0.15) is 0 Å². The molecule has 0 aromatic rings. The van der Waals surface area contributed by atoms with Gasteiger partial charge in [0.2, 0.25) is 0 Å². The minimum absolute atomic E-state index is 0.250. The van der Waals surface area contributed by atoms with Gasteiger partial charge in [0.25, 0.3) is 11.8 Å². The second-order valence-corrected chi connectivity index (χ2v) is 4.15. The van der Waals surface area contributed by atoms with Crippen LogP contribution in [-0.2, 0) is 14.4 Å². The van der Waals surface area contributed by atoms with Gasteiger partial charge in [-0.05, 0) is 0 Å². The van der Waals surface area contributed by atoms with E-state index in [1.807, 2.05) is 23.6 Å². The van der Waals surface area contributed by atoms with E-state index in [0.29, 0.717) is 6.02 Å². The fraction of sp³-hybridized carbons (Fsp3) is 0.700. The largest absolute Gasteiger partial charge is 0.471 e. The van der Waals surface area contributed by atoms with Crippen molar-refractivity contribution in [2.45, 2.75) is 19.3 Å². The molecule has 0 N–H and O–H groups in total. The van der Waals surface area contributed by atoms with E-state index in [9.17, 15) is 9.59 Å². The Morgan fingerprint density at radius 3 is 2.44 bits per heavy atom. The van der Waals surface area contributed by atoms with E-state index in [2.05, 4.69) is 0 Å². The summed E-state index contributed by atoms with van der Waals surface area (Å²) in [6.07, 6.45) is 1.54. The van der Waals surface area contributed by atoms with Crippen molar-refractivity contribution >= 4 is 17.8 Å². The van der Waals surface area contributed by atoms with E-state index in [-0.39, 0.29) is 24.7 Å². The molecule has 2 heterocycles. The van der Waals surface area contributed by atoms with E-state index < -0.39 is 0 Å². The average molecular weight is 226 g/mol. The van der Waals surface area contributed by atoms with Crippen LogP contribution >= 0.6 is 0 Å². The first-order valence-corrected chi connectivity index (χ1v) is 5.42. The summed E-state index contributed by atoms with van der Waals surface area (Å²) in [6, 6.07) is 0.565. The Morgan fingerprint density at radius 2 is 1.88 bits per heavy atom. The molecule has 0 saturated carbocycles. The SMILES string of the molecule is CN1CCC[N+](C)=C1ON1C(=O)CCC1=O. The number of nitrogens with zero attached hydrogens (tertiary/aromatic N) is 3. The summed E-state index contributed by atoms with van der Waals surface area (Å²) in [6.45, 7) is 1.74. The monoisotopic (exact) mass is 226 g/mol. The van der Waals surface area contributed by atoms with Gasteiger partial charge in [-0.25, -0.2) is 9.48 Å². The lowest BCUT2D eigenvalue weighted by molar-refractivity contribution is -0.522. The summed E-state index contributed by atoms with van der Waals surface area (Å²) in [5, 5.41) is 0.883. The summed E-state index contributed by atoms with van der Waals surface area (Å²) >= 11 is 0. The van der Waals surface area contributed by atoms with Gasteiger partial charge in [0.1, 0.15) is 0 Å². The van der Waals surface area contributed by atoms with Crippen LogP contribution in [0.4, 0.5) is 0 Å². The lowest BCUT2D eigenvalue weighted by Crippen LogP contribution is -2.46. The molecule has 0 atom stereocenters. The Bertz CT molecular complexity index is 348. The topological polar surface area (TPSA) is 52.9 Å². The molecule has 0 aromatic heterocycles. The number of imide groups is 1. The van der Waals surface area contributed by atoms with Crippen molar-refractivity contribution in [3.63, 3.8) is 0 Å². The molecule has 2 rings (SSSR count). The maximum Gasteiger partial charge on any atom is 0.471 e. The Hall–Kier alpha value is -1.59. The third-order valence-electron chi connectivity index (χ3n) is 2.82. The van der Waals surface area contributed by atoms with Crippen LogP contribution in [0.25, 0.3) is 0 Å². The average Bonchev–Trinajstić information content (AvgIpc) is 2.54. The molecule has 0 unspecified atom stereocenters. The molecule has 0 spiro atoms. The maximum atomic E-state index is 11.4. The van der Waals surface area contributed by atoms with Crippen LogP contribution in [0.3, 0.4) is 0 Å². The molecule has 6 heteroatoms. The second kappa shape index (κ2) is 4.11. The number of carbonyl (C=O) groups is 2. The third kappa shape index (κ3) is 1.87. The molecule has 6 nitrogen and oxygen atoms in total. The zero-order valence-electron chi connectivity index (χ0n) is 9.60.